The minimum absolute atomic E-state index is 0.605. The van der Waals surface area contributed by atoms with Crippen LogP contribution in [0.5, 0.6) is 0 Å². The Morgan fingerprint density at radius 3 is 2.48 bits per heavy atom. The predicted octanol–water partition coefficient (Wildman–Crippen LogP) is 1.99. The molecule has 0 aromatic heterocycles. The maximum Gasteiger partial charge on any atom is 0.198 e. The molecule has 0 aliphatic carbocycles. The van der Waals surface area contributed by atoms with Crippen LogP contribution in [0.15, 0.2) is 24.3 Å². The summed E-state index contributed by atoms with van der Waals surface area (Å²) in [6.45, 7) is 5.40. The van der Waals surface area contributed by atoms with Crippen LogP contribution in [0, 0.1) is 5.41 Å². The van der Waals surface area contributed by atoms with Crippen LogP contribution in [0.3, 0.4) is 0 Å². The largest absolute Gasteiger partial charge is 0.378 e. The van der Waals surface area contributed by atoms with Crippen molar-refractivity contribution in [1.29, 1.82) is 5.41 Å². The van der Waals surface area contributed by atoms with Gasteiger partial charge in [-0.1, -0.05) is 12.1 Å². The minimum Gasteiger partial charge on any atom is -0.378 e. The Balaban J connectivity index is 1.81. The number of benzene rings is 1. The zero-order chi connectivity index (χ0) is 14.7. The lowest BCUT2D eigenvalue weighted by atomic mass is 10.2. The monoisotopic (exact) mass is 288 g/mol. The van der Waals surface area contributed by atoms with Gasteiger partial charge in [-0.15, -0.1) is 0 Å². The Kier molecular flexibility index (Phi) is 4.29. The Morgan fingerprint density at radius 2 is 1.76 bits per heavy atom. The molecule has 2 heterocycles. The number of ether oxygens (including phenoxy) is 1. The quantitative estimate of drug-likeness (QED) is 0.667. The van der Waals surface area contributed by atoms with Gasteiger partial charge in [0, 0.05) is 33.2 Å². The van der Waals surface area contributed by atoms with Crippen molar-refractivity contribution < 1.29 is 4.74 Å². The summed E-state index contributed by atoms with van der Waals surface area (Å²) in [5, 5.41) is 8.45. The highest BCUT2D eigenvalue weighted by molar-refractivity contribution is 5.96. The maximum atomic E-state index is 8.45. The molecule has 21 heavy (non-hydrogen) atoms. The Bertz CT molecular complexity index is 493. The van der Waals surface area contributed by atoms with Crippen molar-refractivity contribution in [2.24, 2.45) is 0 Å². The smallest absolute Gasteiger partial charge is 0.198 e. The molecule has 1 aromatic rings. The molecule has 1 N–H and O–H groups in total. The van der Waals surface area contributed by atoms with Gasteiger partial charge in [-0.3, -0.25) is 5.41 Å². The molecular weight excluding hydrogens is 264 g/mol. The van der Waals surface area contributed by atoms with E-state index in [1.165, 1.54) is 18.5 Å². The van der Waals surface area contributed by atoms with Crippen molar-refractivity contribution in [1.82, 2.24) is 4.90 Å². The average molecular weight is 288 g/mol. The Morgan fingerprint density at radius 1 is 1.10 bits per heavy atom. The third-order valence-corrected chi connectivity index (χ3v) is 4.32. The second-order valence-corrected chi connectivity index (χ2v) is 5.66. The molecule has 2 aliphatic heterocycles. The number of hydrogen-bond donors (Lipinski definition) is 1. The molecule has 0 radical (unpaired) electrons. The maximum absolute atomic E-state index is 8.45. The number of guanidine groups is 1. The molecule has 0 saturated carbocycles. The van der Waals surface area contributed by atoms with E-state index in [2.05, 4.69) is 28.0 Å². The molecule has 0 spiro atoms. The van der Waals surface area contributed by atoms with Gasteiger partial charge in [0.25, 0.3) is 0 Å². The Labute approximate surface area is 126 Å². The molecular formula is C16H24N4O. The highest BCUT2D eigenvalue weighted by atomic mass is 16.5. The van der Waals surface area contributed by atoms with Crippen molar-refractivity contribution >= 4 is 17.3 Å². The summed E-state index contributed by atoms with van der Waals surface area (Å²) in [4.78, 5) is 6.53. The van der Waals surface area contributed by atoms with Crippen molar-refractivity contribution in [3.63, 3.8) is 0 Å². The highest BCUT2D eigenvalue weighted by Gasteiger charge is 2.22. The van der Waals surface area contributed by atoms with E-state index < -0.39 is 0 Å². The number of rotatable bonds is 2. The van der Waals surface area contributed by atoms with Gasteiger partial charge in [0.1, 0.15) is 0 Å². The highest BCUT2D eigenvalue weighted by Crippen LogP contribution is 2.30. The molecule has 2 fully saturated rings. The molecule has 0 amide bonds. The molecule has 114 valence electrons. The first kappa shape index (κ1) is 14.2. The fourth-order valence-electron chi connectivity index (χ4n) is 3.07. The molecule has 0 atom stereocenters. The molecule has 0 unspecified atom stereocenters. The fourth-order valence-corrected chi connectivity index (χ4v) is 3.07. The first-order valence-corrected chi connectivity index (χ1v) is 7.76. The van der Waals surface area contributed by atoms with Gasteiger partial charge in [0.15, 0.2) is 5.96 Å². The SMILES string of the molecule is CN(C(=N)N1CCCC1)c1ccccc1N1CCOCC1. The van der Waals surface area contributed by atoms with Crippen LogP contribution >= 0.6 is 0 Å². The molecule has 2 saturated heterocycles. The van der Waals surface area contributed by atoms with Gasteiger partial charge < -0.3 is 19.4 Å². The van der Waals surface area contributed by atoms with Gasteiger partial charge in [0.2, 0.25) is 0 Å². The van der Waals surface area contributed by atoms with Gasteiger partial charge in [-0.2, -0.15) is 0 Å². The van der Waals surface area contributed by atoms with Crippen LogP contribution in [-0.2, 0) is 4.74 Å². The fraction of sp³-hybridized carbons (Fsp3) is 0.562. The number of likely N-dealkylation sites (tertiary alicyclic amines) is 1. The first-order chi connectivity index (χ1) is 10.3. The van der Waals surface area contributed by atoms with Crippen molar-refractivity contribution in [3.8, 4) is 0 Å². The van der Waals surface area contributed by atoms with Crippen LogP contribution in [0.1, 0.15) is 12.8 Å². The van der Waals surface area contributed by atoms with E-state index >= 15 is 0 Å². The topological polar surface area (TPSA) is 42.8 Å². The van der Waals surface area contributed by atoms with Gasteiger partial charge >= 0.3 is 0 Å². The van der Waals surface area contributed by atoms with Gasteiger partial charge in [0.05, 0.1) is 24.6 Å². The third kappa shape index (κ3) is 2.97. The average Bonchev–Trinajstić information content (AvgIpc) is 3.09. The van der Waals surface area contributed by atoms with Crippen molar-refractivity contribution in [2.75, 3.05) is 56.2 Å². The summed E-state index contributed by atoms with van der Waals surface area (Å²) in [7, 11) is 2.00. The summed E-state index contributed by atoms with van der Waals surface area (Å²) >= 11 is 0. The van der Waals surface area contributed by atoms with Crippen LogP contribution in [0.2, 0.25) is 0 Å². The van der Waals surface area contributed by atoms with Crippen LogP contribution in [0.4, 0.5) is 11.4 Å². The molecule has 5 heteroatoms. The van der Waals surface area contributed by atoms with Gasteiger partial charge in [-0.05, 0) is 25.0 Å². The number of morpholine rings is 1. The van der Waals surface area contributed by atoms with Crippen molar-refractivity contribution in [2.45, 2.75) is 12.8 Å². The molecule has 3 rings (SSSR count). The van der Waals surface area contributed by atoms with Crippen LogP contribution < -0.4 is 9.80 Å². The van der Waals surface area contributed by atoms with Crippen LogP contribution in [-0.4, -0.2) is 57.3 Å². The van der Waals surface area contributed by atoms with E-state index in [1.807, 2.05) is 18.0 Å². The lowest BCUT2D eigenvalue weighted by molar-refractivity contribution is 0.123. The van der Waals surface area contributed by atoms with E-state index in [4.69, 9.17) is 10.1 Å². The zero-order valence-corrected chi connectivity index (χ0v) is 12.7. The molecule has 5 nitrogen and oxygen atoms in total. The first-order valence-electron chi connectivity index (χ1n) is 7.76. The number of nitrogens with one attached hydrogen (secondary N) is 1. The second kappa shape index (κ2) is 6.35. The Hall–Kier alpha value is -1.75. The van der Waals surface area contributed by atoms with Gasteiger partial charge in [-0.25, -0.2) is 0 Å². The zero-order valence-electron chi connectivity index (χ0n) is 12.7. The summed E-state index contributed by atoms with van der Waals surface area (Å²) in [6, 6.07) is 8.37. The summed E-state index contributed by atoms with van der Waals surface area (Å²) < 4.78 is 5.44. The normalized spacial score (nSPS) is 18.9. The second-order valence-electron chi connectivity index (χ2n) is 5.66. The lowest BCUT2D eigenvalue weighted by Crippen LogP contribution is -2.42. The molecule has 0 bridgehead atoms. The van der Waals surface area contributed by atoms with E-state index in [0.29, 0.717) is 5.96 Å². The standard InChI is InChI=1S/C16H24N4O/c1-18(16(17)20-8-4-5-9-20)14-6-2-3-7-15(14)19-10-12-21-13-11-19/h2-3,6-7,17H,4-5,8-13H2,1H3. The number of nitrogens with zero attached hydrogens (tertiary/aromatic N) is 3. The molecule has 1 aromatic carbocycles. The summed E-state index contributed by atoms with van der Waals surface area (Å²) in [6.07, 6.45) is 2.39. The van der Waals surface area contributed by atoms with E-state index in [1.54, 1.807) is 0 Å². The van der Waals surface area contributed by atoms with Crippen LogP contribution in [0.25, 0.3) is 0 Å². The van der Waals surface area contributed by atoms with E-state index in [9.17, 15) is 0 Å². The van der Waals surface area contributed by atoms with E-state index in [-0.39, 0.29) is 0 Å². The molecule has 2 aliphatic rings. The number of hydrogen-bond acceptors (Lipinski definition) is 3. The van der Waals surface area contributed by atoms with E-state index in [0.717, 1.165) is 45.1 Å². The van der Waals surface area contributed by atoms with Crippen molar-refractivity contribution in [3.05, 3.63) is 24.3 Å². The summed E-state index contributed by atoms with van der Waals surface area (Å²) in [5.41, 5.74) is 2.31. The number of para-hydroxylation sites is 2. The number of anilines is 2. The lowest BCUT2D eigenvalue weighted by Gasteiger charge is -2.34. The predicted molar refractivity (Wildman–Crippen MR) is 86.4 cm³/mol. The minimum atomic E-state index is 0.605. The summed E-state index contributed by atoms with van der Waals surface area (Å²) in [5.74, 6) is 0.605. The third-order valence-electron chi connectivity index (χ3n) is 4.32.